The molecule has 540 valence electrons. The molecule has 0 fully saturated rings. The van der Waals surface area contributed by atoms with Crippen molar-refractivity contribution < 1.29 is 80.2 Å². The average Bonchev–Trinajstić information content (AvgIpc) is 3.70. The van der Waals surface area contributed by atoms with Gasteiger partial charge < -0.3 is 33.8 Å². The lowest BCUT2D eigenvalue weighted by atomic mass is 10.0. The molecule has 0 aromatic heterocycles. The van der Waals surface area contributed by atoms with Crippen LogP contribution >= 0.6 is 15.6 Å². The number of rotatable bonds is 72. The van der Waals surface area contributed by atoms with E-state index in [0.717, 1.165) is 109 Å². The van der Waals surface area contributed by atoms with Gasteiger partial charge in [-0.15, -0.1) is 0 Å². The van der Waals surface area contributed by atoms with Crippen LogP contribution in [0.3, 0.4) is 0 Å². The molecule has 0 saturated heterocycles. The Bertz CT molecular complexity index is 1750. The zero-order valence-electron chi connectivity index (χ0n) is 59.0. The third kappa shape index (κ3) is 66.5. The van der Waals surface area contributed by atoms with E-state index in [0.29, 0.717) is 25.7 Å². The van der Waals surface area contributed by atoms with Crippen LogP contribution in [0.15, 0.2) is 0 Å². The van der Waals surface area contributed by atoms with Gasteiger partial charge in [0.1, 0.15) is 19.3 Å². The van der Waals surface area contributed by atoms with Crippen LogP contribution in [0.2, 0.25) is 0 Å². The lowest BCUT2D eigenvalue weighted by Gasteiger charge is -2.21. The normalized spacial score (nSPS) is 14.0. The van der Waals surface area contributed by atoms with Gasteiger partial charge in [-0.3, -0.25) is 37.3 Å². The van der Waals surface area contributed by atoms with Gasteiger partial charge in [0, 0.05) is 25.7 Å². The van der Waals surface area contributed by atoms with Gasteiger partial charge in [0.2, 0.25) is 0 Å². The fourth-order valence-electron chi connectivity index (χ4n) is 11.0. The van der Waals surface area contributed by atoms with E-state index in [9.17, 15) is 43.2 Å². The molecule has 0 aliphatic rings. The fourth-order valence-corrected chi connectivity index (χ4v) is 12.6. The molecule has 0 amide bonds. The summed E-state index contributed by atoms with van der Waals surface area (Å²) in [6.45, 7) is 7.21. The van der Waals surface area contributed by atoms with Gasteiger partial charge in [-0.25, -0.2) is 9.13 Å². The Morgan fingerprint density at radius 1 is 0.297 bits per heavy atom. The van der Waals surface area contributed by atoms with Crippen molar-refractivity contribution >= 4 is 39.5 Å². The summed E-state index contributed by atoms with van der Waals surface area (Å²) in [5, 5.41) is 10.6. The first-order valence-corrected chi connectivity index (χ1v) is 40.6. The minimum absolute atomic E-state index is 0.106. The molecule has 3 N–H and O–H groups in total. The third-order valence-corrected chi connectivity index (χ3v) is 18.7. The van der Waals surface area contributed by atoms with Gasteiger partial charge >= 0.3 is 39.5 Å². The molecule has 0 heterocycles. The average molecular weight is 1340 g/mol. The first-order valence-electron chi connectivity index (χ1n) is 37.6. The summed E-state index contributed by atoms with van der Waals surface area (Å²) >= 11 is 0. The molecular formula is C72H140O17P2. The minimum atomic E-state index is -4.95. The number of aliphatic hydroxyl groups is 1. The highest BCUT2D eigenvalue weighted by atomic mass is 31.2. The van der Waals surface area contributed by atoms with Crippen molar-refractivity contribution in [2.45, 2.75) is 393 Å². The molecule has 0 aromatic rings. The van der Waals surface area contributed by atoms with Gasteiger partial charge in [0.15, 0.2) is 12.2 Å². The van der Waals surface area contributed by atoms with Crippen LogP contribution in [-0.2, 0) is 65.4 Å². The van der Waals surface area contributed by atoms with Crippen molar-refractivity contribution in [3.05, 3.63) is 0 Å². The van der Waals surface area contributed by atoms with Crippen LogP contribution in [0.4, 0.5) is 0 Å². The Hall–Kier alpha value is -1.94. The second-order valence-electron chi connectivity index (χ2n) is 26.5. The molecule has 0 aliphatic carbocycles. The number of hydrogen-bond acceptors (Lipinski definition) is 15. The molecular weight excluding hydrogens is 1200 g/mol. The zero-order chi connectivity index (χ0) is 67.0. The number of phosphoric acid groups is 2. The molecule has 0 aliphatic heterocycles. The Morgan fingerprint density at radius 2 is 0.505 bits per heavy atom. The van der Waals surface area contributed by atoms with Crippen molar-refractivity contribution in [3.8, 4) is 0 Å². The standard InChI is InChI=1S/C72H140O17P2/c1-6-9-12-15-18-20-22-23-24-25-26-27-28-29-30-33-38-43-48-53-58-72(77)89-68(62-83-70(75)56-51-46-41-37-34-31-32-35-40-44-49-54-65(4)5)64-87-91(80,81)85-60-66(73)59-84-90(78,79)86-63-67(61-82-69(74)55-50-45-39-17-14-11-8-3)88-71(76)57-52-47-42-36-21-19-16-13-10-7-2/h65-68,73H,6-64H2,1-5H3,(H,78,79)(H,80,81)/t66-,67+,68+/m0/s1. The summed E-state index contributed by atoms with van der Waals surface area (Å²) in [6.07, 6.45) is 52.9. The maximum atomic E-state index is 13.0. The molecule has 0 bridgehead atoms. The molecule has 0 radical (unpaired) electrons. The predicted molar refractivity (Wildman–Crippen MR) is 368 cm³/mol. The number of hydrogen-bond donors (Lipinski definition) is 3. The van der Waals surface area contributed by atoms with E-state index in [1.165, 1.54) is 186 Å². The van der Waals surface area contributed by atoms with Crippen molar-refractivity contribution in [1.29, 1.82) is 0 Å². The summed E-state index contributed by atoms with van der Waals surface area (Å²) in [4.78, 5) is 72.4. The number of unbranched alkanes of at least 4 members (excludes halogenated alkanes) is 44. The maximum Gasteiger partial charge on any atom is 0.472 e. The van der Waals surface area contributed by atoms with Crippen LogP contribution in [0, 0.1) is 5.92 Å². The van der Waals surface area contributed by atoms with Crippen molar-refractivity contribution in [2.24, 2.45) is 5.92 Å². The maximum absolute atomic E-state index is 13.0. The summed E-state index contributed by atoms with van der Waals surface area (Å²) < 4.78 is 68.2. The molecule has 0 rings (SSSR count). The van der Waals surface area contributed by atoms with Crippen LogP contribution in [0.1, 0.15) is 375 Å². The minimum Gasteiger partial charge on any atom is -0.462 e. The highest BCUT2D eigenvalue weighted by Crippen LogP contribution is 2.45. The smallest absolute Gasteiger partial charge is 0.462 e. The number of ether oxygens (including phenoxy) is 4. The van der Waals surface area contributed by atoms with Crippen molar-refractivity contribution in [3.63, 3.8) is 0 Å². The van der Waals surface area contributed by atoms with E-state index in [-0.39, 0.29) is 25.7 Å². The van der Waals surface area contributed by atoms with Crippen molar-refractivity contribution in [1.82, 2.24) is 0 Å². The van der Waals surface area contributed by atoms with Gasteiger partial charge in [0.25, 0.3) is 0 Å². The largest absolute Gasteiger partial charge is 0.472 e. The van der Waals surface area contributed by atoms with Gasteiger partial charge in [-0.2, -0.15) is 0 Å². The topological polar surface area (TPSA) is 237 Å². The van der Waals surface area contributed by atoms with Gasteiger partial charge in [-0.1, -0.05) is 324 Å². The Morgan fingerprint density at radius 3 is 0.747 bits per heavy atom. The summed E-state index contributed by atoms with van der Waals surface area (Å²) in [7, 11) is -9.89. The van der Waals surface area contributed by atoms with Gasteiger partial charge in [0.05, 0.1) is 26.4 Å². The number of carbonyl (C=O) groups excluding carboxylic acids is 4. The summed E-state index contributed by atoms with van der Waals surface area (Å²) in [5.74, 6) is -1.35. The van der Waals surface area contributed by atoms with E-state index in [1.54, 1.807) is 0 Å². The predicted octanol–water partition coefficient (Wildman–Crippen LogP) is 20.9. The second-order valence-corrected chi connectivity index (χ2v) is 29.4. The molecule has 0 aromatic carbocycles. The molecule has 91 heavy (non-hydrogen) atoms. The SMILES string of the molecule is CCCCCCCCCCCCCCCCCCCCCCC(=O)O[C@H](COC(=O)CCCCCCCCCCCCCC(C)C)COP(=O)(O)OC[C@@H](O)COP(=O)(O)OC[C@@H](COC(=O)CCCCCCCCC)OC(=O)CCCCCCCCCCCC. The first-order chi connectivity index (χ1) is 44.0. The van der Waals surface area contributed by atoms with Crippen LogP contribution < -0.4 is 0 Å². The molecule has 0 spiro atoms. The molecule has 0 saturated carbocycles. The van der Waals surface area contributed by atoms with Gasteiger partial charge in [-0.05, 0) is 31.6 Å². The van der Waals surface area contributed by atoms with Crippen LogP contribution in [0.25, 0.3) is 0 Å². The second kappa shape index (κ2) is 65.4. The monoisotopic (exact) mass is 1340 g/mol. The number of aliphatic hydroxyl groups excluding tert-OH is 1. The zero-order valence-corrected chi connectivity index (χ0v) is 60.8. The van der Waals surface area contributed by atoms with Crippen molar-refractivity contribution in [2.75, 3.05) is 39.6 Å². The molecule has 5 atom stereocenters. The van der Waals surface area contributed by atoms with E-state index < -0.39 is 97.5 Å². The lowest BCUT2D eigenvalue weighted by molar-refractivity contribution is -0.161. The highest BCUT2D eigenvalue weighted by molar-refractivity contribution is 7.47. The van der Waals surface area contributed by atoms with E-state index >= 15 is 0 Å². The molecule has 19 heteroatoms. The lowest BCUT2D eigenvalue weighted by Crippen LogP contribution is -2.30. The highest BCUT2D eigenvalue weighted by Gasteiger charge is 2.30. The van der Waals surface area contributed by atoms with E-state index in [2.05, 4.69) is 34.6 Å². The Labute approximate surface area is 556 Å². The summed E-state index contributed by atoms with van der Waals surface area (Å²) in [6, 6.07) is 0. The van der Waals surface area contributed by atoms with E-state index in [1.807, 2.05) is 0 Å². The number of esters is 4. The molecule has 2 unspecified atom stereocenters. The van der Waals surface area contributed by atoms with Crippen LogP contribution in [0.5, 0.6) is 0 Å². The fraction of sp³-hybridized carbons (Fsp3) is 0.944. The number of carbonyl (C=O) groups is 4. The molecule has 17 nitrogen and oxygen atoms in total. The Balaban J connectivity index is 5.16. The third-order valence-electron chi connectivity index (χ3n) is 16.8. The first kappa shape index (κ1) is 89.1. The Kier molecular flexibility index (Phi) is 64.0. The van der Waals surface area contributed by atoms with E-state index in [4.69, 9.17) is 37.0 Å². The summed E-state index contributed by atoms with van der Waals surface area (Å²) in [5.41, 5.74) is 0. The van der Waals surface area contributed by atoms with Crippen LogP contribution in [-0.4, -0.2) is 96.7 Å². The quantitative estimate of drug-likeness (QED) is 0.0222. The number of phosphoric ester groups is 2.